The fourth-order valence-electron chi connectivity index (χ4n) is 3.49. The second-order valence-electron chi connectivity index (χ2n) is 6.35. The standard InChI is InChI=1S/C17H27NO/c1-13-8-14(2)10-16(9-13)18-17(12-19)11-15-6-4-3-5-7-15/h3-7,13-14,16-19H,8-12H2,1-2H3/t13?,14?,16?,17-/m1/s1. The van der Waals surface area contributed by atoms with Crippen LogP contribution in [0.15, 0.2) is 30.3 Å². The average molecular weight is 261 g/mol. The van der Waals surface area contributed by atoms with Gasteiger partial charge in [-0.25, -0.2) is 0 Å². The van der Waals surface area contributed by atoms with Crippen LogP contribution in [0.1, 0.15) is 38.7 Å². The van der Waals surface area contributed by atoms with Crippen molar-refractivity contribution in [2.45, 2.75) is 51.6 Å². The van der Waals surface area contributed by atoms with Gasteiger partial charge in [0.25, 0.3) is 0 Å². The number of hydrogen-bond acceptors (Lipinski definition) is 2. The lowest BCUT2D eigenvalue weighted by Gasteiger charge is -2.34. The molecule has 0 radical (unpaired) electrons. The van der Waals surface area contributed by atoms with Gasteiger partial charge in [0.15, 0.2) is 0 Å². The number of aliphatic hydroxyl groups is 1. The molecule has 0 bridgehead atoms. The van der Waals surface area contributed by atoms with Gasteiger partial charge >= 0.3 is 0 Å². The van der Waals surface area contributed by atoms with Crippen molar-refractivity contribution in [3.8, 4) is 0 Å². The first-order chi connectivity index (χ1) is 9.17. The van der Waals surface area contributed by atoms with Gasteiger partial charge in [-0.2, -0.15) is 0 Å². The third-order valence-corrected chi connectivity index (χ3v) is 4.20. The van der Waals surface area contributed by atoms with Crippen LogP contribution in [0.4, 0.5) is 0 Å². The average Bonchev–Trinajstić information content (AvgIpc) is 2.38. The van der Waals surface area contributed by atoms with Crippen molar-refractivity contribution in [1.29, 1.82) is 0 Å². The van der Waals surface area contributed by atoms with Gasteiger partial charge in [-0.15, -0.1) is 0 Å². The van der Waals surface area contributed by atoms with Gasteiger partial charge in [0.1, 0.15) is 0 Å². The van der Waals surface area contributed by atoms with Crippen LogP contribution < -0.4 is 5.32 Å². The van der Waals surface area contributed by atoms with E-state index in [-0.39, 0.29) is 12.6 Å². The van der Waals surface area contributed by atoms with E-state index < -0.39 is 0 Å². The van der Waals surface area contributed by atoms with Crippen molar-refractivity contribution >= 4 is 0 Å². The summed E-state index contributed by atoms with van der Waals surface area (Å²) >= 11 is 0. The maximum atomic E-state index is 9.59. The Morgan fingerprint density at radius 3 is 2.32 bits per heavy atom. The number of aliphatic hydroxyl groups excluding tert-OH is 1. The monoisotopic (exact) mass is 261 g/mol. The van der Waals surface area contributed by atoms with Crippen molar-refractivity contribution in [2.24, 2.45) is 11.8 Å². The van der Waals surface area contributed by atoms with Crippen LogP contribution in [0.3, 0.4) is 0 Å². The molecule has 2 heteroatoms. The summed E-state index contributed by atoms with van der Waals surface area (Å²) in [6, 6.07) is 11.2. The number of hydrogen-bond donors (Lipinski definition) is 2. The zero-order valence-electron chi connectivity index (χ0n) is 12.2. The normalized spacial score (nSPS) is 29.1. The van der Waals surface area contributed by atoms with Crippen molar-refractivity contribution < 1.29 is 5.11 Å². The zero-order chi connectivity index (χ0) is 13.7. The first kappa shape index (κ1) is 14.5. The molecule has 0 aromatic heterocycles. The highest BCUT2D eigenvalue weighted by Gasteiger charge is 2.25. The first-order valence-electron chi connectivity index (χ1n) is 7.58. The highest BCUT2D eigenvalue weighted by atomic mass is 16.3. The molecule has 1 fully saturated rings. The molecule has 3 atom stereocenters. The third-order valence-electron chi connectivity index (χ3n) is 4.20. The SMILES string of the molecule is CC1CC(C)CC(N[C@@H](CO)Cc2ccccc2)C1. The summed E-state index contributed by atoms with van der Waals surface area (Å²) in [7, 11) is 0. The number of nitrogens with one attached hydrogen (secondary N) is 1. The number of benzene rings is 1. The van der Waals surface area contributed by atoms with Crippen LogP contribution in [0, 0.1) is 11.8 Å². The van der Waals surface area contributed by atoms with E-state index in [0.29, 0.717) is 6.04 Å². The Kier molecular flexibility index (Phi) is 5.41. The highest BCUT2D eigenvalue weighted by Crippen LogP contribution is 2.28. The molecular formula is C17H27NO. The fourth-order valence-corrected chi connectivity index (χ4v) is 3.49. The molecule has 1 aromatic carbocycles. The van der Waals surface area contributed by atoms with E-state index in [4.69, 9.17) is 0 Å². The minimum Gasteiger partial charge on any atom is -0.395 e. The predicted octanol–water partition coefficient (Wildman–Crippen LogP) is 3.00. The Morgan fingerprint density at radius 1 is 1.11 bits per heavy atom. The molecule has 2 rings (SSSR count). The van der Waals surface area contributed by atoms with E-state index in [9.17, 15) is 5.11 Å². The molecule has 1 aromatic rings. The lowest BCUT2D eigenvalue weighted by molar-refractivity contribution is 0.185. The van der Waals surface area contributed by atoms with E-state index >= 15 is 0 Å². The van der Waals surface area contributed by atoms with Crippen molar-refractivity contribution in [3.05, 3.63) is 35.9 Å². The lowest BCUT2D eigenvalue weighted by Crippen LogP contribution is -2.45. The van der Waals surface area contributed by atoms with E-state index in [1.807, 2.05) is 6.07 Å². The van der Waals surface area contributed by atoms with Gasteiger partial charge in [0.05, 0.1) is 6.61 Å². The van der Waals surface area contributed by atoms with E-state index in [0.717, 1.165) is 18.3 Å². The lowest BCUT2D eigenvalue weighted by atomic mass is 9.80. The summed E-state index contributed by atoms with van der Waals surface area (Å²) in [4.78, 5) is 0. The molecule has 1 aliphatic rings. The molecule has 2 N–H and O–H groups in total. The summed E-state index contributed by atoms with van der Waals surface area (Å²) in [5.41, 5.74) is 1.30. The Bertz CT molecular complexity index is 355. The van der Waals surface area contributed by atoms with Crippen LogP contribution >= 0.6 is 0 Å². The molecule has 0 saturated heterocycles. The van der Waals surface area contributed by atoms with Crippen LogP contribution in [-0.4, -0.2) is 23.8 Å². The summed E-state index contributed by atoms with van der Waals surface area (Å²) < 4.78 is 0. The molecule has 1 aliphatic carbocycles. The maximum absolute atomic E-state index is 9.59. The zero-order valence-corrected chi connectivity index (χ0v) is 12.2. The minimum atomic E-state index is 0.185. The Hall–Kier alpha value is -0.860. The molecule has 1 saturated carbocycles. The maximum Gasteiger partial charge on any atom is 0.0587 e. The summed E-state index contributed by atoms with van der Waals surface area (Å²) in [5.74, 6) is 1.61. The summed E-state index contributed by atoms with van der Waals surface area (Å²) in [5, 5.41) is 13.3. The Balaban J connectivity index is 1.88. The van der Waals surface area contributed by atoms with Crippen LogP contribution in [-0.2, 0) is 6.42 Å². The molecule has 19 heavy (non-hydrogen) atoms. The van der Waals surface area contributed by atoms with Crippen molar-refractivity contribution in [1.82, 2.24) is 5.32 Å². The molecule has 0 heterocycles. The molecule has 0 aliphatic heterocycles. The molecule has 0 spiro atoms. The van der Waals surface area contributed by atoms with Crippen molar-refractivity contribution in [3.63, 3.8) is 0 Å². The van der Waals surface area contributed by atoms with Gasteiger partial charge in [0, 0.05) is 12.1 Å². The smallest absolute Gasteiger partial charge is 0.0587 e. The number of rotatable bonds is 5. The minimum absolute atomic E-state index is 0.185. The predicted molar refractivity (Wildman–Crippen MR) is 80.1 cm³/mol. The highest BCUT2D eigenvalue weighted by molar-refractivity contribution is 5.16. The van der Waals surface area contributed by atoms with E-state index in [1.165, 1.54) is 24.8 Å². The first-order valence-corrected chi connectivity index (χ1v) is 7.58. The molecule has 0 amide bonds. The van der Waals surface area contributed by atoms with Gasteiger partial charge in [-0.1, -0.05) is 44.2 Å². The van der Waals surface area contributed by atoms with E-state index in [1.54, 1.807) is 0 Å². The third kappa shape index (κ3) is 4.63. The summed E-state index contributed by atoms with van der Waals surface area (Å²) in [6.45, 7) is 4.90. The van der Waals surface area contributed by atoms with Crippen molar-refractivity contribution in [2.75, 3.05) is 6.61 Å². The summed E-state index contributed by atoms with van der Waals surface area (Å²) in [6.07, 6.45) is 4.75. The van der Waals surface area contributed by atoms with Gasteiger partial charge in [-0.3, -0.25) is 0 Å². The van der Waals surface area contributed by atoms with Crippen LogP contribution in [0.2, 0.25) is 0 Å². The van der Waals surface area contributed by atoms with E-state index in [2.05, 4.69) is 43.4 Å². The Morgan fingerprint density at radius 2 is 1.74 bits per heavy atom. The largest absolute Gasteiger partial charge is 0.395 e. The van der Waals surface area contributed by atoms with Gasteiger partial charge in [-0.05, 0) is 43.1 Å². The molecule has 2 nitrogen and oxygen atoms in total. The molecule has 2 unspecified atom stereocenters. The topological polar surface area (TPSA) is 32.3 Å². The van der Waals surface area contributed by atoms with Gasteiger partial charge < -0.3 is 10.4 Å². The molecule has 106 valence electrons. The second kappa shape index (κ2) is 7.06. The quantitative estimate of drug-likeness (QED) is 0.854. The Labute approximate surface area is 117 Å². The molecular weight excluding hydrogens is 234 g/mol. The van der Waals surface area contributed by atoms with Crippen LogP contribution in [0.5, 0.6) is 0 Å². The fraction of sp³-hybridized carbons (Fsp3) is 0.647. The second-order valence-corrected chi connectivity index (χ2v) is 6.35. The van der Waals surface area contributed by atoms with Gasteiger partial charge in [0.2, 0.25) is 0 Å². The van der Waals surface area contributed by atoms with Crippen LogP contribution in [0.25, 0.3) is 0 Å².